The molecule has 3 atom stereocenters. The number of hydrogen-bond donors (Lipinski definition) is 3. The Morgan fingerprint density at radius 2 is 1.70 bits per heavy atom. The van der Waals surface area contributed by atoms with Crippen LogP contribution in [0.15, 0.2) is 0 Å². The van der Waals surface area contributed by atoms with E-state index >= 15 is 0 Å². The monoisotopic (exact) mass is 287 g/mol. The van der Waals surface area contributed by atoms with E-state index in [1.165, 1.54) is 4.90 Å². The molecule has 0 bridgehead atoms. The molecule has 8 heteroatoms. The number of hydrogen-bond acceptors (Lipinski definition) is 4. The van der Waals surface area contributed by atoms with Crippen molar-refractivity contribution in [3.8, 4) is 0 Å². The SMILES string of the molecule is CC1CN(C(=O)NC(CC(=O)O)C(=O)O)CC(C)N1C. The van der Waals surface area contributed by atoms with Gasteiger partial charge in [-0.2, -0.15) is 0 Å². The minimum Gasteiger partial charge on any atom is -0.481 e. The predicted octanol–water partition coefficient (Wildman–Crippen LogP) is -0.352. The van der Waals surface area contributed by atoms with E-state index in [9.17, 15) is 14.4 Å². The number of carbonyl (C=O) groups is 3. The average molecular weight is 287 g/mol. The van der Waals surface area contributed by atoms with Crippen molar-refractivity contribution in [2.75, 3.05) is 20.1 Å². The summed E-state index contributed by atoms with van der Waals surface area (Å²) in [4.78, 5) is 37.2. The molecule has 1 aliphatic heterocycles. The van der Waals surface area contributed by atoms with Crippen molar-refractivity contribution in [2.24, 2.45) is 0 Å². The van der Waals surface area contributed by atoms with Crippen LogP contribution in [0.3, 0.4) is 0 Å². The van der Waals surface area contributed by atoms with Crippen molar-refractivity contribution in [3.63, 3.8) is 0 Å². The first-order valence-electron chi connectivity index (χ1n) is 6.44. The van der Waals surface area contributed by atoms with Gasteiger partial charge in [-0.25, -0.2) is 9.59 Å². The lowest BCUT2D eigenvalue weighted by Crippen LogP contribution is -2.59. The number of carboxylic acid groups (broad SMARTS) is 2. The van der Waals surface area contributed by atoms with E-state index in [-0.39, 0.29) is 12.1 Å². The minimum atomic E-state index is -1.41. The van der Waals surface area contributed by atoms with Crippen LogP contribution >= 0.6 is 0 Å². The fourth-order valence-corrected chi connectivity index (χ4v) is 2.19. The number of urea groups is 1. The van der Waals surface area contributed by atoms with Crippen molar-refractivity contribution in [3.05, 3.63) is 0 Å². The molecule has 0 aliphatic carbocycles. The molecule has 20 heavy (non-hydrogen) atoms. The second kappa shape index (κ2) is 6.56. The number of piperazine rings is 1. The molecule has 0 aromatic carbocycles. The van der Waals surface area contributed by atoms with Crippen LogP contribution in [-0.4, -0.2) is 76.2 Å². The molecule has 0 spiro atoms. The normalized spacial score (nSPS) is 25.1. The Labute approximate surface area is 117 Å². The van der Waals surface area contributed by atoms with Crippen LogP contribution in [0, 0.1) is 0 Å². The molecular formula is C12H21N3O5. The summed E-state index contributed by atoms with van der Waals surface area (Å²) in [6.07, 6.45) is -0.639. The second-order valence-electron chi connectivity index (χ2n) is 5.21. The van der Waals surface area contributed by atoms with Gasteiger partial charge >= 0.3 is 18.0 Å². The first-order chi connectivity index (χ1) is 9.22. The average Bonchev–Trinajstić information content (AvgIpc) is 2.33. The highest BCUT2D eigenvalue weighted by Crippen LogP contribution is 2.13. The van der Waals surface area contributed by atoms with Gasteiger partial charge in [0.25, 0.3) is 0 Å². The number of nitrogens with one attached hydrogen (secondary N) is 1. The molecule has 0 saturated carbocycles. The number of rotatable bonds is 4. The molecule has 0 aromatic rings. The Kier molecular flexibility index (Phi) is 5.32. The number of aliphatic carboxylic acids is 2. The molecule has 0 aromatic heterocycles. The van der Waals surface area contributed by atoms with Crippen LogP contribution in [0.2, 0.25) is 0 Å². The Morgan fingerprint density at radius 1 is 1.20 bits per heavy atom. The molecule has 3 N–H and O–H groups in total. The molecule has 1 rings (SSSR count). The van der Waals surface area contributed by atoms with Crippen molar-refractivity contribution in [1.29, 1.82) is 0 Å². The molecule has 3 unspecified atom stereocenters. The maximum Gasteiger partial charge on any atom is 0.326 e. The fourth-order valence-electron chi connectivity index (χ4n) is 2.19. The van der Waals surface area contributed by atoms with E-state index in [4.69, 9.17) is 10.2 Å². The highest BCUT2D eigenvalue weighted by molar-refractivity contribution is 5.86. The number of carbonyl (C=O) groups excluding carboxylic acids is 1. The molecule has 0 radical (unpaired) electrons. The molecule has 1 saturated heterocycles. The summed E-state index contributed by atoms with van der Waals surface area (Å²) >= 11 is 0. The van der Waals surface area contributed by atoms with E-state index < -0.39 is 30.4 Å². The fraction of sp³-hybridized carbons (Fsp3) is 0.750. The minimum absolute atomic E-state index is 0.159. The van der Waals surface area contributed by atoms with Gasteiger partial charge < -0.3 is 20.4 Å². The van der Waals surface area contributed by atoms with Gasteiger partial charge in [0.05, 0.1) is 6.42 Å². The van der Waals surface area contributed by atoms with E-state index in [0.717, 1.165) is 0 Å². The van der Waals surface area contributed by atoms with Gasteiger partial charge in [0.1, 0.15) is 6.04 Å². The third-order valence-electron chi connectivity index (χ3n) is 3.62. The largest absolute Gasteiger partial charge is 0.481 e. The third kappa shape index (κ3) is 4.09. The highest BCUT2D eigenvalue weighted by Gasteiger charge is 2.31. The molecule has 8 nitrogen and oxygen atoms in total. The summed E-state index contributed by atoms with van der Waals surface area (Å²) < 4.78 is 0. The summed E-state index contributed by atoms with van der Waals surface area (Å²) in [5.41, 5.74) is 0. The van der Waals surface area contributed by atoms with E-state index in [2.05, 4.69) is 10.2 Å². The Bertz CT molecular complexity index is 389. The van der Waals surface area contributed by atoms with Crippen molar-refractivity contribution in [1.82, 2.24) is 15.1 Å². The highest BCUT2D eigenvalue weighted by atomic mass is 16.4. The Balaban J connectivity index is 2.65. The van der Waals surface area contributed by atoms with Gasteiger partial charge in [0, 0.05) is 25.2 Å². The number of carboxylic acids is 2. The van der Waals surface area contributed by atoms with Crippen LogP contribution in [0.25, 0.3) is 0 Å². The lowest BCUT2D eigenvalue weighted by Gasteiger charge is -2.42. The molecule has 2 amide bonds. The van der Waals surface area contributed by atoms with E-state index in [0.29, 0.717) is 13.1 Å². The van der Waals surface area contributed by atoms with Gasteiger partial charge in [-0.05, 0) is 20.9 Å². The summed E-state index contributed by atoms with van der Waals surface area (Å²) in [6.45, 7) is 4.90. The van der Waals surface area contributed by atoms with Crippen molar-refractivity contribution < 1.29 is 24.6 Å². The maximum absolute atomic E-state index is 12.0. The lowest BCUT2D eigenvalue weighted by atomic mass is 10.1. The van der Waals surface area contributed by atoms with Crippen LogP contribution in [0.1, 0.15) is 20.3 Å². The van der Waals surface area contributed by atoms with E-state index in [1.807, 2.05) is 20.9 Å². The number of nitrogens with zero attached hydrogens (tertiary/aromatic N) is 2. The number of likely N-dealkylation sites (N-methyl/N-ethyl adjacent to an activating group) is 1. The quantitative estimate of drug-likeness (QED) is 0.652. The summed E-state index contributed by atoms with van der Waals surface area (Å²) in [6, 6.07) is -1.63. The second-order valence-corrected chi connectivity index (χ2v) is 5.21. The van der Waals surface area contributed by atoms with Gasteiger partial charge in [-0.1, -0.05) is 0 Å². The Hall–Kier alpha value is -1.83. The Morgan fingerprint density at radius 3 is 2.10 bits per heavy atom. The summed E-state index contributed by atoms with van der Waals surface area (Å²) in [5.74, 6) is -2.62. The zero-order valence-electron chi connectivity index (χ0n) is 11.9. The van der Waals surface area contributed by atoms with Gasteiger partial charge in [0.2, 0.25) is 0 Å². The van der Waals surface area contributed by atoms with Crippen molar-refractivity contribution >= 4 is 18.0 Å². The molecule has 114 valence electrons. The van der Waals surface area contributed by atoms with Crippen LogP contribution in [-0.2, 0) is 9.59 Å². The summed E-state index contributed by atoms with van der Waals surface area (Å²) in [7, 11) is 1.97. The third-order valence-corrected chi connectivity index (χ3v) is 3.62. The molecule has 1 heterocycles. The summed E-state index contributed by atoms with van der Waals surface area (Å²) in [5, 5.41) is 19.8. The first-order valence-corrected chi connectivity index (χ1v) is 6.44. The molecule has 1 aliphatic rings. The zero-order valence-corrected chi connectivity index (χ0v) is 11.9. The number of amides is 2. The maximum atomic E-state index is 12.0. The lowest BCUT2D eigenvalue weighted by molar-refractivity contribution is -0.145. The van der Waals surface area contributed by atoms with Gasteiger partial charge in [-0.3, -0.25) is 9.69 Å². The van der Waals surface area contributed by atoms with Crippen LogP contribution in [0.4, 0.5) is 4.79 Å². The first kappa shape index (κ1) is 16.2. The van der Waals surface area contributed by atoms with Crippen LogP contribution in [0.5, 0.6) is 0 Å². The standard InChI is InChI=1S/C12H21N3O5/c1-7-5-15(6-8(2)14(7)3)12(20)13-9(11(18)19)4-10(16)17/h7-9H,4-6H2,1-3H3,(H,13,20)(H,16,17)(H,18,19). The van der Waals surface area contributed by atoms with Crippen LogP contribution < -0.4 is 5.32 Å². The molecular weight excluding hydrogens is 266 g/mol. The van der Waals surface area contributed by atoms with E-state index in [1.54, 1.807) is 0 Å². The molecule has 1 fully saturated rings. The zero-order chi connectivity index (χ0) is 15.4. The predicted molar refractivity (Wildman–Crippen MR) is 70.5 cm³/mol. The smallest absolute Gasteiger partial charge is 0.326 e. The topological polar surface area (TPSA) is 110 Å². The van der Waals surface area contributed by atoms with Crippen molar-refractivity contribution in [2.45, 2.75) is 38.4 Å². The van der Waals surface area contributed by atoms with Gasteiger partial charge in [0.15, 0.2) is 0 Å². The van der Waals surface area contributed by atoms with Gasteiger partial charge in [-0.15, -0.1) is 0 Å².